The molecule has 7 heteroatoms. The minimum Gasteiger partial charge on any atom is -0.399 e. The maximum Gasteiger partial charge on any atom is 0.294 e. The number of aryl methyl sites for hydroxylation is 2. The third kappa shape index (κ3) is 7.03. The fourth-order valence-corrected chi connectivity index (χ4v) is 2.72. The first kappa shape index (κ1) is 22.0. The molecule has 0 saturated carbocycles. The molecule has 0 aliphatic carbocycles. The minimum absolute atomic E-state index is 0.0666. The molecule has 0 aromatic heterocycles. The van der Waals surface area contributed by atoms with Crippen LogP contribution in [-0.2, 0) is 14.9 Å². The summed E-state index contributed by atoms with van der Waals surface area (Å²) in [5, 5.41) is 0. The van der Waals surface area contributed by atoms with Crippen molar-refractivity contribution in [3.63, 3.8) is 0 Å². The van der Waals surface area contributed by atoms with Crippen LogP contribution in [0.5, 0.6) is 0 Å². The number of nitrogens with two attached hydrogens (primary N) is 1. The molecule has 0 atom stereocenters. The summed E-state index contributed by atoms with van der Waals surface area (Å²) in [4.78, 5) is 2.21. The lowest BCUT2D eigenvalue weighted by Gasteiger charge is -2.23. The Morgan fingerprint density at radius 1 is 1.12 bits per heavy atom. The van der Waals surface area contributed by atoms with Crippen molar-refractivity contribution in [3.05, 3.63) is 53.6 Å². The van der Waals surface area contributed by atoms with E-state index in [4.69, 9.17) is 15.0 Å². The van der Waals surface area contributed by atoms with Crippen molar-refractivity contribution < 1.29 is 17.7 Å². The van der Waals surface area contributed by atoms with E-state index in [0.29, 0.717) is 0 Å². The first-order chi connectivity index (χ1) is 12.2. The van der Waals surface area contributed by atoms with Gasteiger partial charge in [0.25, 0.3) is 10.1 Å². The number of ether oxygens (including phenoxy) is 1. The van der Waals surface area contributed by atoms with Crippen LogP contribution in [0.15, 0.2) is 47.4 Å². The van der Waals surface area contributed by atoms with Crippen molar-refractivity contribution in [2.24, 2.45) is 0 Å². The van der Waals surface area contributed by atoms with E-state index in [9.17, 15) is 8.42 Å². The second-order valence-electron chi connectivity index (χ2n) is 5.90. The first-order valence-electron chi connectivity index (χ1n) is 8.33. The Kier molecular flexibility index (Phi) is 8.57. The van der Waals surface area contributed by atoms with Crippen molar-refractivity contribution in [2.45, 2.75) is 25.7 Å². The van der Waals surface area contributed by atoms with Crippen LogP contribution in [0, 0.1) is 13.8 Å². The number of hydrogen-bond donors (Lipinski definition) is 2. The van der Waals surface area contributed by atoms with Crippen LogP contribution in [0.2, 0.25) is 0 Å². The second kappa shape index (κ2) is 10.2. The molecule has 0 aliphatic heterocycles. The summed E-state index contributed by atoms with van der Waals surface area (Å²) in [6.07, 6.45) is 0. The molecule has 2 aromatic rings. The molecule has 2 aromatic carbocycles. The zero-order chi connectivity index (χ0) is 19.7. The van der Waals surface area contributed by atoms with E-state index in [1.54, 1.807) is 19.2 Å². The van der Waals surface area contributed by atoms with Crippen LogP contribution in [0.4, 0.5) is 11.4 Å². The zero-order valence-corrected chi connectivity index (χ0v) is 16.6. The molecule has 0 heterocycles. The molecule has 2 rings (SSSR count). The minimum atomic E-state index is -4.02. The molecule has 0 aliphatic rings. The lowest BCUT2D eigenvalue weighted by Crippen LogP contribution is -2.26. The number of nitrogen functional groups attached to an aromatic ring is 1. The number of benzene rings is 2. The highest BCUT2D eigenvalue weighted by molar-refractivity contribution is 7.85. The van der Waals surface area contributed by atoms with Gasteiger partial charge < -0.3 is 15.4 Å². The van der Waals surface area contributed by atoms with Gasteiger partial charge in [-0.1, -0.05) is 17.7 Å². The zero-order valence-electron chi connectivity index (χ0n) is 15.8. The van der Waals surface area contributed by atoms with Crippen LogP contribution >= 0.6 is 0 Å². The van der Waals surface area contributed by atoms with Gasteiger partial charge in [-0.15, -0.1) is 0 Å². The smallest absolute Gasteiger partial charge is 0.294 e. The van der Waals surface area contributed by atoms with Crippen LogP contribution in [0.25, 0.3) is 0 Å². The molecule has 0 fully saturated rings. The van der Waals surface area contributed by atoms with Gasteiger partial charge in [0, 0.05) is 31.6 Å². The van der Waals surface area contributed by atoms with Crippen LogP contribution in [-0.4, -0.2) is 39.8 Å². The Labute approximate surface area is 156 Å². The number of methoxy groups -OCH3 is 1. The maximum atomic E-state index is 10.5. The summed E-state index contributed by atoms with van der Waals surface area (Å²) in [6.45, 7) is 8.65. The van der Waals surface area contributed by atoms with Gasteiger partial charge in [-0.25, -0.2) is 0 Å². The van der Waals surface area contributed by atoms with E-state index in [0.717, 1.165) is 36.5 Å². The van der Waals surface area contributed by atoms with E-state index < -0.39 is 10.1 Å². The van der Waals surface area contributed by atoms with E-state index >= 15 is 0 Å². The monoisotopic (exact) mass is 380 g/mol. The third-order valence-corrected chi connectivity index (χ3v) is 4.75. The average molecular weight is 381 g/mol. The van der Waals surface area contributed by atoms with E-state index in [2.05, 4.69) is 24.0 Å². The SMILES string of the molecule is CCN(CCOC)c1ccc(N)c(C)c1.Cc1ccc(S(=O)(=O)O)cc1. The molecule has 26 heavy (non-hydrogen) atoms. The molecule has 0 spiro atoms. The molecule has 6 nitrogen and oxygen atoms in total. The number of hydrogen-bond acceptors (Lipinski definition) is 5. The molecular formula is C19H28N2O4S. The van der Waals surface area contributed by atoms with Crippen LogP contribution < -0.4 is 10.6 Å². The highest BCUT2D eigenvalue weighted by Crippen LogP contribution is 2.20. The predicted octanol–water partition coefficient (Wildman–Crippen LogP) is 3.29. The molecule has 0 saturated heterocycles. The molecule has 0 amide bonds. The van der Waals surface area contributed by atoms with Crippen molar-refractivity contribution >= 4 is 21.5 Å². The van der Waals surface area contributed by atoms with Crippen LogP contribution in [0.1, 0.15) is 18.1 Å². The summed E-state index contributed by atoms with van der Waals surface area (Å²) in [7, 11) is -2.30. The van der Waals surface area contributed by atoms with E-state index in [1.807, 2.05) is 19.9 Å². The average Bonchev–Trinajstić information content (AvgIpc) is 2.59. The molecule has 144 valence electrons. The summed E-state index contributed by atoms with van der Waals surface area (Å²) in [6, 6.07) is 12.1. The number of nitrogens with zero attached hydrogens (tertiary/aromatic N) is 1. The number of anilines is 2. The Balaban J connectivity index is 0.000000273. The van der Waals surface area contributed by atoms with Crippen molar-refractivity contribution in [1.82, 2.24) is 0 Å². The summed E-state index contributed by atoms with van der Waals surface area (Å²) in [5.41, 5.74) is 9.93. The van der Waals surface area contributed by atoms with Gasteiger partial charge in [0.15, 0.2) is 0 Å². The van der Waals surface area contributed by atoms with Crippen molar-refractivity contribution in [2.75, 3.05) is 37.4 Å². The predicted molar refractivity (Wildman–Crippen MR) is 106 cm³/mol. The first-order valence-corrected chi connectivity index (χ1v) is 9.77. The molecular weight excluding hydrogens is 352 g/mol. The Morgan fingerprint density at radius 2 is 1.73 bits per heavy atom. The molecule has 0 radical (unpaired) electrons. The van der Waals surface area contributed by atoms with Gasteiger partial charge in [-0.05, 0) is 56.7 Å². The van der Waals surface area contributed by atoms with Gasteiger partial charge in [0.2, 0.25) is 0 Å². The summed E-state index contributed by atoms with van der Waals surface area (Å²) in [5.74, 6) is 0. The van der Waals surface area contributed by atoms with E-state index in [-0.39, 0.29) is 4.90 Å². The topological polar surface area (TPSA) is 92.9 Å². The second-order valence-corrected chi connectivity index (χ2v) is 7.32. The summed E-state index contributed by atoms with van der Waals surface area (Å²) >= 11 is 0. The largest absolute Gasteiger partial charge is 0.399 e. The number of likely N-dealkylation sites (N-methyl/N-ethyl adjacent to an activating group) is 1. The van der Waals surface area contributed by atoms with Gasteiger partial charge in [-0.2, -0.15) is 8.42 Å². The normalized spacial score (nSPS) is 10.8. The number of rotatable bonds is 6. The van der Waals surface area contributed by atoms with Crippen molar-refractivity contribution in [1.29, 1.82) is 0 Å². The Morgan fingerprint density at radius 3 is 2.19 bits per heavy atom. The lowest BCUT2D eigenvalue weighted by molar-refractivity contribution is 0.205. The molecule has 0 bridgehead atoms. The Bertz CT molecular complexity index is 790. The van der Waals surface area contributed by atoms with Gasteiger partial charge in [0.1, 0.15) is 0 Å². The molecule has 0 unspecified atom stereocenters. The van der Waals surface area contributed by atoms with Crippen molar-refractivity contribution in [3.8, 4) is 0 Å². The molecule has 3 N–H and O–H groups in total. The lowest BCUT2D eigenvalue weighted by atomic mass is 10.1. The van der Waals surface area contributed by atoms with Gasteiger partial charge >= 0.3 is 0 Å². The van der Waals surface area contributed by atoms with Crippen LogP contribution in [0.3, 0.4) is 0 Å². The maximum absolute atomic E-state index is 10.5. The summed E-state index contributed by atoms with van der Waals surface area (Å²) < 4.78 is 34.6. The van der Waals surface area contributed by atoms with Gasteiger partial charge in [-0.3, -0.25) is 4.55 Å². The highest BCUT2D eigenvalue weighted by atomic mass is 32.2. The fraction of sp³-hybridized carbons (Fsp3) is 0.368. The van der Waals surface area contributed by atoms with Gasteiger partial charge in [0.05, 0.1) is 11.5 Å². The Hall–Kier alpha value is -2.09. The standard InChI is InChI=1S/C12H20N2O.C7H8O3S/c1-4-14(7-8-15-3)11-5-6-12(13)10(2)9-11;1-6-2-4-7(5-3-6)11(8,9)10/h5-6,9H,4,7-8,13H2,1-3H3;2-5H,1H3,(H,8,9,10). The van der Waals surface area contributed by atoms with E-state index in [1.165, 1.54) is 17.8 Å². The highest BCUT2D eigenvalue weighted by Gasteiger charge is 2.07. The third-order valence-electron chi connectivity index (χ3n) is 3.88. The quantitative estimate of drug-likeness (QED) is 0.590. The fourth-order valence-electron chi connectivity index (χ4n) is 2.24.